The molecule has 2 rings (SSSR count). The highest BCUT2D eigenvalue weighted by atomic mass is 16.1. The van der Waals surface area contributed by atoms with Gasteiger partial charge >= 0.3 is 0 Å². The molecule has 0 unspecified atom stereocenters. The molecule has 76 valence electrons. The summed E-state index contributed by atoms with van der Waals surface area (Å²) in [5, 5.41) is 7.94. The molecule has 0 bridgehead atoms. The molecule has 1 aromatic heterocycles. The Balaban J connectivity index is 2.37. The summed E-state index contributed by atoms with van der Waals surface area (Å²) in [7, 11) is 1.86. The lowest BCUT2D eigenvalue weighted by Crippen LogP contribution is -2.06. The van der Waals surface area contributed by atoms with Gasteiger partial charge in [0.25, 0.3) is 0 Å². The van der Waals surface area contributed by atoms with E-state index in [1.54, 1.807) is 4.68 Å². The van der Waals surface area contributed by atoms with Gasteiger partial charge in [-0.25, -0.2) is 0 Å². The standard InChI is InChI=1S/C11H11N3O/c1-3-11(15)12-9-4-5-10-8(6-9)7-14(2)13-10/h3-7H,1H2,2H3,(H,12,15). The van der Waals surface area contributed by atoms with Crippen LogP contribution in [0.15, 0.2) is 37.1 Å². The van der Waals surface area contributed by atoms with Gasteiger partial charge in [-0.15, -0.1) is 0 Å². The summed E-state index contributed by atoms with van der Waals surface area (Å²) in [4.78, 5) is 11.1. The first kappa shape index (κ1) is 9.45. The van der Waals surface area contributed by atoms with Gasteiger partial charge in [-0.3, -0.25) is 9.48 Å². The van der Waals surface area contributed by atoms with Crippen LogP contribution in [0.25, 0.3) is 10.9 Å². The normalized spacial score (nSPS) is 10.2. The van der Waals surface area contributed by atoms with Crippen LogP contribution in [0.2, 0.25) is 0 Å². The number of rotatable bonds is 2. The lowest BCUT2D eigenvalue weighted by molar-refractivity contribution is -0.111. The Bertz CT molecular complexity index is 528. The number of aryl methyl sites for hydroxylation is 1. The first-order valence-electron chi connectivity index (χ1n) is 4.56. The summed E-state index contributed by atoms with van der Waals surface area (Å²) < 4.78 is 1.74. The highest BCUT2D eigenvalue weighted by Gasteiger charge is 2.01. The van der Waals surface area contributed by atoms with Crippen LogP contribution in [-0.2, 0) is 11.8 Å². The van der Waals surface area contributed by atoms with Crippen LogP contribution in [-0.4, -0.2) is 15.7 Å². The van der Waals surface area contributed by atoms with Gasteiger partial charge in [-0.1, -0.05) is 6.58 Å². The van der Waals surface area contributed by atoms with Crippen molar-refractivity contribution in [1.29, 1.82) is 0 Å². The monoisotopic (exact) mass is 201 g/mol. The Morgan fingerprint density at radius 3 is 3.13 bits per heavy atom. The quantitative estimate of drug-likeness (QED) is 0.752. The Kier molecular flexibility index (Phi) is 2.25. The molecule has 0 spiro atoms. The molecule has 4 nitrogen and oxygen atoms in total. The molecule has 1 N–H and O–H groups in total. The summed E-state index contributed by atoms with van der Waals surface area (Å²) in [5.41, 5.74) is 1.66. The van der Waals surface area contributed by atoms with E-state index < -0.39 is 0 Å². The zero-order valence-electron chi connectivity index (χ0n) is 8.40. The minimum Gasteiger partial charge on any atom is -0.323 e. The number of aromatic nitrogens is 2. The zero-order chi connectivity index (χ0) is 10.8. The maximum atomic E-state index is 11.1. The van der Waals surface area contributed by atoms with Gasteiger partial charge in [-0.2, -0.15) is 5.10 Å². The van der Waals surface area contributed by atoms with E-state index in [2.05, 4.69) is 17.0 Å². The van der Waals surface area contributed by atoms with Gasteiger partial charge in [-0.05, 0) is 24.3 Å². The smallest absolute Gasteiger partial charge is 0.247 e. The van der Waals surface area contributed by atoms with Gasteiger partial charge in [0, 0.05) is 24.3 Å². The third-order valence-corrected chi connectivity index (χ3v) is 2.07. The Labute approximate surface area is 87.2 Å². The zero-order valence-corrected chi connectivity index (χ0v) is 8.40. The van der Waals surface area contributed by atoms with Gasteiger partial charge in [0.15, 0.2) is 0 Å². The van der Waals surface area contributed by atoms with Crippen LogP contribution in [0, 0.1) is 0 Å². The van der Waals surface area contributed by atoms with Crippen molar-refractivity contribution in [3.63, 3.8) is 0 Å². The van der Waals surface area contributed by atoms with E-state index in [9.17, 15) is 4.79 Å². The molecule has 0 radical (unpaired) electrons. The summed E-state index contributed by atoms with van der Waals surface area (Å²) in [6.45, 7) is 3.39. The number of nitrogens with zero attached hydrogens (tertiary/aromatic N) is 2. The number of hydrogen-bond donors (Lipinski definition) is 1. The van der Waals surface area contributed by atoms with Crippen molar-refractivity contribution < 1.29 is 4.79 Å². The lowest BCUT2D eigenvalue weighted by Gasteiger charge is -2.00. The van der Waals surface area contributed by atoms with Crippen molar-refractivity contribution in [2.24, 2.45) is 7.05 Å². The number of nitrogens with one attached hydrogen (secondary N) is 1. The number of carbonyl (C=O) groups is 1. The highest BCUT2D eigenvalue weighted by Crippen LogP contribution is 2.17. The average Bonchev–Trinajstić information content (AvgIpc) is 2.57. The third kappa shape index (κ3) is 1.88. The van der Waals surface area contributed by atoms with E-state index in [0.29, 0.717) is 0 Å². The molecule has 0 atom stereocenters. The number of anilines is 1. The molecule has 1 heterocycles. The van der Waals surface area contributed by atoms with Crippen molar-refractivity contribution >= 4 is 22.5 Å². The summed E-state index contributed by atoms with van der Waals surface area (Å²) in [5.74, 6) is -0.210. The molecule has 0 fully saturated rings. The molecule has 0 aliphatic rings. The van der Waals surface area contributed by atoms with E-state index in [0.717, 1.165) is 16.6 Å². The van der Waals surface area contributed by atoms with Crippen LogP contribution in [0.1, 0.15) is 0 Å². The fraction of sp³-hybridized carbons (Fsp3) is 0.0909. The van der Waals surface area contributed by atoms with E-state index in [1.807, 2.05) is 31.4 Å². The Morgan fingerprint density at radius 2 is 2.40 bits per heavy atom. The predicted octanol–water partition coefficient (Wildman–Crippen LogP) is 1.70. The first-order valence-corrected chi connectivity index (χ1v) is 4.56. The van der Waals surface area contributed by atoms with E-state index in [4.69, 9.17) is 0 Å². The first-order chi connectivity index (χ1) is 7.19. The fourth-order valence-corrected chi connectivity index (χ4v) is 1.42. The van der Waals surface area contributed by atoms with Crippen molar-refractivity contribution in [1.82, 2.24) is 9.78 Å². The van der Waals surface area contributed by atoms with Crippen molar-refractivity contribution in [3.05, 3.63) is 37.1 Å². The average molecular weight is 201 g/mol. The molecular weight excluding hydrogens is 190 g/mol. The number of fused-ring (bicyclic) bond motifs is 1. The third-order valence-electron chi connectivity index (χ3n) is 2.07. The van der Waals surface area contributed by atoms with Crippen molar-refractivity contribution in [3.8, 4) is 0 Å². The summed E-state index contributed by atoms with van der Waals surface area (Å²) in [6.07, 6.45) is 3.15. The molecule has 1 amide bonds. The van der Waals surface area contributed by atoms with Crippen molar-refractivity contribution in [2.45, 2.75) is 0 Å². The van der Waals surface area contributed by atoms with E-state index in [-0.39, 0.29) is 5.91 Å². The van der Waals surface area contributed by atoms with Crippen LogP contribution in [0.4, 0.5) is 5.69 Å². The topological polar surface area (TPSA) is 46.9 Å². The van der Waals surface area contributed by atoms with Crippen LogP contribution in [0.3, 0.4) is 0 Å². The fourth-order valence-electron chi connectivity index (χ4n) is 1.42. The predicted molar refractivity (Wildman–Crippen MR) is 59.5 cm³/mol. The Morgan fingerprint density at radius 1 is 1.60 bits per heavy atom. The highest BCUT2D eigenvalue weighted by molar-refractivity contribution is 6.00. The van der Waals surface area contributed by atoms with Gasteiger partial charge in [0.2, 0.25) is 5.91 Å². The molecule has 0 aliphatic heterocycles. The van der Waals surface area contributed by atoms with E-state index >= 15 is 0 Å². The largest absolute Gasteiger partial charge is 0.323 e. The molecular formula is C11H11N3O. The maximum Gasteiger partial charge on any atom is 0.247 e. The second-order valence-electron chi connectivity index (χ2n) is 3.27. The molecule has 0 saturated carbocycles. The number of hydrogen-bond acceptors (Lipinski definition) is 2. The maximum absolute atomic E-state index is 11.1. The second kappa shape index (κ2) is 3.57. The molecule has 15 heavy (non-hydrogen) atoms. The van der Waals surface area contributed by atoms with Gasteiger partial charge in [0.1, 0.15) is 0 Å². The Hall–Kier alpha value is -2.10. The number of carbonyl (C=O) groups excluding carboxylic acids is 1. The summed E-state index contributed by atoms with van der Waals surface area (Å²) >= 11 is 0. The number of benzene rings is 1. The van der Waals surface area contributed by atoms with Crippen molar-refractivity contribution in [2.75, 3.05) is 5.32 Å². The SMILES string of the molecule is C=CC(=O)Nc1ccc2nn(C)cc2c1. The molecule has 2 aromatic rings. The van der Waals surface area contributed by atoms with Crippen LogP contribution in [0.5, 0.6) is 0 Å². The number of amides is 1. The summed E-state index contributed by atoms with van der Waals surface area (Å²) in [6, 6.07) is 5.56. The minimum absolute atomic E-state index is 0.210. The molecule has 1 aromatic carbocycles. The molecule has 0 saturated heterocycles. The second-order valence-corrected chi connectivity index (χ2v) is 3.27. The van der Waals surface area contributed by atoms with Gasteiger partial charge in [0.05, 0.1) is 5.52 Å². The van der Waals surface area contributed by atoms with E-state index in [1.165, 1.54) is 6.08 Å². The van der Waals surface area contributed by atoms with Crippen LogP contribution < -0.4 is 5.32 Å². The molecule has 0 aliphatic carbocycles. The van der Waals surface area contributed by atoms with Crippen LogP contribution >= 0.6 is 0 Å². The lowest BCUT2D eigenvalue weighted by atomic mass is 10.2. The van der Waals surface area contributed by atoms with Gasteiger partial charge < -0.3 is 5.32 Å². The molecule has 4 heteroatoms. The minimum atomic E-state index is -0.210.